The van der Waals surface area contributed by atoms with E-state index < -0.39 is 27.3 Å². The number of nitrogens with one attached hydrogen (secondary N) is 1. The van der Waals surface area contributed by atoms with Crippen LogP contribution in [-0.2, 0) is 15.4 Å². The van der Waals surface area contributed by atoms with E-state index in [2.05, 4.69) is 27.6 Å². The highest BCUT2D eigenvalue weighted by Gasteiger charge is 2.43. The van der Waals surface area contributed by atoms with E-state index in [9.17, 15) is 17.6 Å². The molecule has 1 aromatic heterocycles. The van der Waals surface area contributed by atoms with E-state index in [0.29, 0.717) is 0 Å². The van der Waals surface area contributed by atoms with Crippen molar-refractivity contribution in [2.45, 2.75) is 36.5 Å². The van der Waals surface area contributed by atoms with Gasteiger partial charge >= 0.3 is 0 Å². The Hall–Kier alpha value is -2.69. The van der Waals surface area contributed by atoms with Gasteiger partial charge in [-0.1, -0.05) is 47.6 Å². The largest absolute Gasteiger partial charge is 0.296 e. The van der Waals surface area contributed by atoms with E-state index in [4.69, 9.17) is 5.14 Å². The van der Waals surface area contributed by atoms with Gasteiger partial charge in [0.1, 0.15) is 10.8 Å². The number of hydrogen-bond acceptors (Lipinski definition) is 6. The van der Waals surface area contributed by atoms with Crippen LogP contribution in [0.2, 0.25) is 0 Å². The molecule has 7 nitrogen and oxygen atoms in total. The Bertz CT molecular complexity index is 1240. The predicted molar refractivity (Wildman–Crippen MR) is 111 cm³/mol. The topological polar surface area (TPSA) is 115 Å². The quantitative estimate of drug-likeness (QED) is 0.624. The van der Waals surface area contributed by atoms with Gasteiger partial charge in [0.2, 0.25) is 15.2 Å². The SMILES string of the molecule is Cc1cccc(C2(c3nnc(NC(=O)c4cc(S(N)(=O)=O)ccc4F)s3)CCC2)c1. The van der Waals surface area contributed by atoms with E-state index >= 15 is 0 Å². The van der Waals surface area contributed by atoms with Crippen molar-refractivity contribution < 1.29 is 17.6 Å². The van der Waals surface area contributed by atoms with Gasteiger partial charge in [-0.2, -0.15) is 0 Å². The van der Waals surface area contributed by atoms with Gasteiger partial charge in [-0.25, -0.2) is 17.9 Å². The second-order valence-corrected chi connectivity index (χ2v) is 9.90. The minimum absolute atomic E-state index is 0.217. The number of rotatable bonds is 5. The Morgan fingerprint density at radius 1 is 1.20 bits per heavy atom. The molecule has 1 amide bonds. The van der Waals surface area contributed by atoms with Crippen LogP contribution in [0.15, 0.2) is 47.4 Å². The summed E-state index contributed by atoms with van der Waals surface area (Å²) in [5.41, 5.74) is 1.65. The highest BCUT2D eigenvalue weighted by Crippen LogP contribution is 2.50. The highest BCUT2D eigenvalue weighted by molar-refractivity contribution is 7.89. The number of sulfonamides is 1. The molecule has 1 fully saturated rings. The maximum atomic E-state index is 14.1. The number of aryl methyl sites for hydroxylation is 1. The first-order valence-corrected chi connectivity index (χ1v) is 11.6. The number of hydrogen-bond donors (Lipinski definition) is 2. The van der Waals surface area contributed by atoms with Gasteiger partial charge < -0.3 is 0 Å². The lowest BCUT2D eigenvalue weighted by Crippen LogP contribution is -2.35. The molecule has 3 aromatic rings. The van der Waals surface area contributed by atoms with E-state index in [1.165, 1.54) is 11.3 Å². The van der Waals surface area contributed by atoms with Crippen molar-refractivity contribution in [3.05, 3.63) is 70.0 Å². The Balaban J connectivity index is 1.60. The summed E-state index contributed by atoms with van der Waals surface area (Å²) in [5.74, 6) is -1.68. The van der Waals surface area contributed by atoms with Gasteiger partial charge in [0.15, 0.2) is 0 Å². The first kappa shape index (κ1) is 20.6. The molecule has 0 saturated heterocycles. The second kappa shape index (κ2) is 7.53. The maximum absolute atomic E-state index is 14.1. The zero-order valence-electron chi connectivity index (χ0n) is 16.1. The van der Waals surface area contributed by atoms with Gasteiger partial charge in [-0.3, -0.25) is 10.1 Å². The van der Waals surface area contributed by atoms with Crippen molar-refractivity contribution in [1.29, 1.82) is 0 Å². The molecule has 0 atom stereocenters. The van der Waals surface area contributed by atoms with Crippen LogP contribution in [0, 0.1) is 12.7 Å². The van der Waals surface area contributed by atoms with Gasteiger partial charge in [-0.05, 0) is 43.5 Å². The van der Waals surface area contributed by atoms with E-state index in [0.717, 1.165) is 53.6 Å². The normalized spacial score (nSPS) is 15.4. The minimum Gasteiger partial charge on any atom is -0.296 e. The molecule has 30 heavy (non-hydrogen) atoms. The molecule has 1 aliphatic rings. The van der Waals surface area contributed by atoms with Gasteiger partial charge in [0, 0.05) is 5.41 Å². The van der Waals surface area contributed by atoms with Crippen molar-refractivity contribution in [2.75, 3.05) is 5.32 Å². The third-order valence-electron chi connectivity index (χ3n) is 5.34. The van der Waals surface area contributed by atoms with Gasteiger partial charge in [0.25, 0.3) is 5.91 Å². The fourth-order valence-corrected chi connectivity index (χ4v) is 5.13. The van der Waals surface area contributed by atoms with Crippen molar-refractivity contribution in [2.24, 2.45) is 5.14 Å². The lowest BCUT2D eigenvalue weighted by Gasteiger charge is -2.40. The van der Waals surface area contributed by atoms with E-state index in [-0.39, 0.29) is 15.4 Å². The number of nitrogens with zero attached hydrogens (tertiary/aromatic N) is 2. The van der Waals surface area contributed by atoms with Gasteiger partial charge in [0.05, 0.1) is 10.5 Å². The summed E-state index contributed by atoms with van der Waals surface area (Å²) in [6, 6.07) is 11.0. The van der Waals surface area contributed by atoms with Crippen LogP contribution >= 0.6 is 11.3 Å². The molecule has 156 valence electrons. The summed E-state index contributed by atoms with van der Waals surface area (Å²) in [6.45, 7) is 2.03. The number of nitrogens with two attached hydrogens (primary N) is 1. The molecule has 1 aliphatic carbocycles. The first-order chi connectivity index (χ1) is 14.2. The Morgan fingerprint density at radius 2 is 1.97 bits per heavy atom. The first-order valence-electron chi connectivity index (χ1n) is 9.24. The number of benzene rings is 2. The Kier molecular flexibility index (Phi) is 5.16. The van der Waals surface area contributed by atoms with Crippen molar-refractivity contribution in [1.82, 2.24) is 10.2 Å². The molecular formula is C20H19FN4O3S2. The number of primary sulfonamides is 1. The van der Waals surface area contributed by atoms with Crippen molar-refractivity contribution in [3.63, 3.8) is 0 Å². The molecule has 10 heteroatoms. The third kappa shape index (κ3) is 3.73. The zero-order valence-corrected chi connectivity index (χ0v) is 17.7. The van der Waals surface area contributed by atoms with E-state index in [1.807, 2.05) is 19.1 Å². The molecule has 1 saturated carbocycles. The molecule has 0 bridgehead atoms. The minimum atomic E-state index is -4.07. The van der Waals surface area contributed by atoms with Gasteiger partial charge in [-0.15, -0.1) is 10.2 Å². The lowest BCUT2D eigenvalue weighted by molar-refractivity contribution is 0.102. The molecule has 0 unspecified atom stereocenters. The van der Waals surface area contributed by atoms with Crippen molar-refractivity contribution in [3.8, 4) is 0 Å². The number of carbonyl (C=O) groups is 1. The number of carbonyl (C=O) groups excluding carboxylic acids is 1. The molecular weight excluding hydrogens is 427 g/mol. The fourth-order valence-electron chi connectivity index (χ4n) is 3.59. The van der Waals surface area contributed by atoms with Crippen LogP contribution in [0.1, 0.15) is 45.8 Å². The molecule has 4 rings (SSSR count). The molecule has 3 N–H and O–H groups in total. The summed E-state index contributed by atoms with van der Waals surface area (Å²) >= 11 is 1.24. The molecule has 0 radical (unpaired) electrons. The summed E-state index contributed by atoms with van der Waals surface area (Å²) in [6.07, 6.45) is 2.94. The average molecular weight is 447 g/mol. The fraction of sp³-hybridized carbons (Fsp3) is 0.250. The van der Waals surface area contributed by atoms with Crippen LogP contribution in [0.4, 0.5) is 9.52 Å². The monoisotopic (exact) mass is 446 g/mol. The number of aromatic nitrogens is 2. The van der Waals surface area contributed by atoms with Crippen LogP contribution in [0.5, 0.6) is 0 Å². The third-order valence-corrected chi connectivity index (χ3v) is 7.30. The summed E-state index contributed by atoms with van der Waals surface area (Å²) < 4.78 is 37.1. The molecule has 2 aromatic carbocycles. The maximum Gasteiger partial charge on any atom is 0.260 e. The number of amides is 1. The Labute approximate surface area is 177 Å². The number of anilines is 1. The highest BCUT2D eigenvalue weighted by atomic mass is 32.2. The number of halogens is 1. The lowest BCUT2D eigenvalue weighted by atomic mass is 9.65. The van der Waals surface area contributed by atoms with Crippen LogP contribution < -0.4 is 10.5 Å². The second-order valence-electron chi connectivity index (χ2n) is 7.36. The predicted octanol–water partition coefficient (Wildman–Crippen LogP) is 3.36. The zero-order chi connectivity index (χ0) is 21.5. The smallest absolute Gasteiger partial charge is 0.260 e. The van der Waals surface area contributed by atoms with E-state index in [1.54, 1.807) is 0 Å². The van der Waals surface area contributed by atoms with Crippen molar-refractivity contribution >= 4 is 32.4 Å². The standard InChI is InChI=1S/C20H19FN4O3S2/c1-12-4-2-5-13(10-12)20(8-3-9-20)18-24-25-19(29-18)23-17(26)15-11-14(30(22,27)28)6-7-16(15)21/h2,4-7,10-11H,3,8-9H2,1H3,(H2,22,27,28)(H,23,25,26). The van der Waals surface area contributed by atoms with Crippen LogP contribution in [0.25, 0.3) is 0 Å². The molecule has 0 spiro atoms. The van der Waals surface area contributed by atoms with Crippen LogP contribution in [0.3, 0.4) is 0 Å². The molecule has 0 aliphatic heterocycles. The Morgan fingerprint density at radius 3 is 2.60 bits per heavy atom. The van der Waals surface area contributed by atoms with Crippen LogP contribution in [-0.4, -0.2) is 24.5 Å². The summed E-state index contributed by atoms with van der Waals surface area (Å²) in [7, 11) is -4.07. The summed E-state index contributed by atoms with van der Waals surface area (Å²) in [5, 5.41) is 16.9. The summed E-state index contributed by atoms with van der Waals surface area (Å²) in [4.78, 5) is 12.2. The average Bonchev–Trinajstić information content (AvgIpc) is 3.08. The molecule has 1 heterocycles.